The quantitative estimate of drug-likeness (QED) is 0.815. The van der Waals surface area contributed by atoms with Crippen LogP contribution in [0.4, 0.5) is 0 Å². The highest BCUT2D eigenvalue weighted by Gasteiger charge is 2.45. The van der Waals surface area contributed by atoms with Crippen molar-refractivity contribution in [2.24, 2.45) is 0 Å². The molecule has 25 heavy (non-hydrogen) atoms. The highest BCUT2D eigenvalue weighted by molar-refractivity contribution is 5.80. The van der Waals surface area contributed by atoms with Crippen molar-refractivity contribution < 1.29 is 14.6 Å². The molecular formula is C21H25NO3. The summed E-state index contributed by atoms with van der Waals surface area (Å²) in [7, 11) is 0. The number of aryl methyl sites for hydroxylation is 1. The van der Waals surface area contributed by atoms with E-state index < -0.39 is 6.10 Å². The van der Waals surface area contributed by atoms with Gasteiger partial charge in [0.1, 0.15) is 5.75 Å². The summed E-state index contributed by atoms with van der Waals surface area (Å²) in [6.07, 6.45) is 1.62. The topological polar surface area (TPSA) is 58.6 Å². The molecule has 1 amide bonds. The van der Waals surface area contributed by atoms with Gasteiger partial charge in [-0.2, -0.15) is 0 Å². The van der Waals surface area contributed by atoms with Crippen LogP contribution < -0.4 is 10.1 Å². The Morgan fingerprint density at radius 2 is 2.00 bits per heavy atom. The second-order valence-corrected chi connectivity index (χ2v) is 6.88. The molecule has 2 aromatic carbocycles. The van der Waals surface area contributed by atoms with Gasteiger partial charge in [-0.3, -0.25) is 4.79 Å². The van der Waals surface area contributed by atoms with Crippen LogP contribution in [0.1, 0.15) is 36.5 Å². The van der Waals surface area contributed by atoms with Crippen LogP contribution in [0.3, 0.4) is 0 Å². The van der Waals surface area contributed by atoms with E-state index in [9.17, 15) is 9.90 Å². The van der Waals surface area contributed by atoms with Gasteiger partial charge in [-0.25, -0.2) is 0 Å². The zero-order valence-electron chi connectivity index (χ0n) is 14.8. The fourth-order valence-corrected chi connectivity index (χ4v) is 3.23. The number of rotatable bonds is 7. The van der Waals surface area contributed by atoms with E-state index in [-0.39, 0.29) is 17.9 Å². The third kappa shape index (κ3) is 4.02. The SMILES string of the molecule is Cc1ccccc1C1(CNC(=O)C(C)Oc2cccc(CO)c2)CC1. The molecule has 0 radical (unpaired) electrons. The molecule has 0 heterocycles. The molecule has 0 aromatic heterocycles. The molecule has 1 atom stereocenters. The summed E-state index contributed by atoms with van der Waals surface area (Å²) in [5.74, 6) is 0.475. The lowest BCUT2D eigenvalue weighted by Crippen LogP contribution is -2.40. The van der Waals surface area contributed by atoms with E-state index in [2.05, 4.69) is 30.4 Å². The summed E-state index contributed by atoms with van der Waals surface area (Å²) >= 11 is 0. The third-order valence-corrected chi connectivity index (χ3v) is 4.93. The molecule has 0 aliphatic heterocycles. The van der Waals surface area contributed by atoms with Crippen molar-refractivity contribution in [2.45, 2.75) is 44.8 Å². The zero-order valence-corrected chi connectivity index (χ0v) is 14.8. The summed E-state index contributed by atoms with van der Waals surface area (Å²) in [6.45, 7) is 4.46. The second-order valence-electron chi connectivity index (χ2n) is 6.88. The van der Waals surface area contributed by atoms with Crippen LogP contribution in [0.5, 0.6) is 5.75 Å². The van der Waals surface area contributed by atoms with Crippen LogP contribution in [0, 0.1) is 6.92 Å². The predicted molar refractivity (Wildman–Crippen MR) is 97.6 cm³/mol. The van der Waals surface area contributed by atoms with Gasteiger partial charge in [0.2, 0.25) is 0 Å². The first kappa shape index (κ1) is 17.5. The second kappa shape index (κ2) is 7.28. The molecule has 2 N–H and O–H groups in total. The Balaban J connectivity index is 1.58. The number of benzene rings is 2. The Morgan fingerprint density at radius 1 is 1.24 bits per heavy atom. The molecule has 4 heteroatoms. The molecule has 1 aliphatic rings. The normalized spacial score (nSPS) is 16.1. The van der Waals surface area contributed by atoms with Crippen LogP contribution in [0.15, 0.2) is 48.5 Å². The number of ether oxygens (including phenoxy) is 1. The van der Waals surface area contributed by atoms with E-state index in [1.807, 2.05) is 18.2 Å². The lowest BCUT2D eigenvalue weighted by atomic mass is 9.92. The Labute approximate surface area is 148 Å². The highest BCUT2D eigenvalue weighted by atomic mass is 16.5. The summed E-state index contributed by atoms with van der Waals surface area (Å²) in [4.78, 5) is 12.4. The van der Waals surface area contributed by atoms with Crippen LogP contribution >= 0.6 is 0 Å². The Morgan fingerprint density at radius 3 is 2.68 bits per heavy atom. The fourth-order valence-electron chi connectivity index (χ4n) is 3.23. The predicted octanol–water partition coefficient (Wildman–Crippen LogP) is 3.10. The standard InChI is InChI=1S/C21H25NO3/c1-15-6-3-4-9-19(15)21(10-11-21)14-22-20(24)16(2)25-18-8-5-7-17(12-18)13-23/h3-9,12,16,23H,10-11,13-14H2,1-2H3,(H,22,24). The molecular weight excluding hydrogens is 314 g/mol. The van der Waals surface area contributed by atoms with Gasteiger partial charge in [0.25, 0.3) is 5.91 Å². The molecule has 0 spiro atoms. The van der Waals surface area contributed by atoms with Crippen molar-refractivity contribution in [1.29, 1.82) is 0 Å². The van der Waals surface area contributed by atoms with Crippen LogP contribution in [-0.4, -0.2) is 23.7 Å². The van der Waals surface area contributed by atoms with Crippen LogP contribution in [-0.2, 0) is 16.8 Å². The summed E-state index contributed by atoms with van der Waals surface area (Å²) in [6, 6.07) is 15.6. The molecule has 1 saturated carbocycles. The highest BCUT2D eigenvalue weighted by Crippen LogP contribution is 2.48. The minimum absolute atomic E-state index is 0.0449. The lowest BCUT2D eigenvalue weighted by Gasteiger charge is -2.21. The molecule has 2 aromatic rings. The largest absolute Gasteiger partial charge is 0.481 e. The van der Waals surface area contributed by atoms with E-state index >= 15 is 0 Å². The molecule has 4 nitrogen and oxygen atoms in total. The van der Waals surface area contributed by atoms with Crippen molar-refractivity contribution in [2.75, 3.05) is 6.54 Å². The third-order valence-electron chi connectivity index (χ3n) is 4.93. The monoisotopic (exact) mass is 339 g/mol. The number of hydrogen-bond donors (Lipinski definition) is 2. The number of carbonyl (C=O) groups is 1. The number of hydrogen-bond acceptors (Lipinski definition) is 3. The maximum atomic E-state index is 12.4. The van der Waals surface area contributed by atoms with Crippen molar-refractivity contribution >= 4 is 5.91 Å². The molecule has 132 valence electrons. The Hall–Kier alpha value is -2.33. The summed E-state index contributed by atoms with van der Waals surface area (Å²) in [5, 5.41) is 12.2. The van der Waals surface area contributed by atoms with Crippen molar-refractivity contribution in [3.8, 4) is 5.75 Å². The maximum Gasteiger partial charge on any atom is 0.260 e. The van der Waals surface area contributed by atoms with Gasteiger partial charge in [-0.05, 0) is 55.5 Å². The Kier molecular flexibility index (Phi) is 5.09. The van der Waals surface area contributed by atoms with E-state index in [4.69, 9.17) is 4.74 Å². The molecule has 1 fully saturated rings. The number of carbonyl (C=O) groups excluding carboxylic acids is 1. The van der Waals surface area contributed by atoms with Crippen LogP contribution in [0.25, 0.3) is 0 Å². The first-order valence-electron chi connectivity index (χ1n) is 8.74. The lowest BCUT2D eigenvalue weighted by molar-refractivity contribution is -0.127. The maximum absolute atomic E-state index is 12.4. The molecule has 0 bridgehead atoms. The van der Waals surface area contributed by atoms with Gasteiger partial charge in [0, 0.05) is 12.0 Å². The first-order valence-corrected chi connectivity index (χ1v) is 8.74. The number of nitrogens with one attached hydrogen (secondary N) is 1. The average Bonchev–Trinajstić information content (AvgIpc) is 3.41. The zero-order chi connectivity index (χ0) is 17.9. The average molecular weight is 339 g/mol. The molecule has 1 aliphatic carbocycles. The number of aliphatic hydroxyl groups excluding tert-OH is 1. The van der Waals surface area contributed by atoms with E-state index in [0.29, 0.717) is 12.3 Å². The van der Waals surface area contributed by atoms with Crippen molar-refractivity contribution in [1.82, 2.24) is 5.32 Å². The molecule has 3 rings (SSSR count). The Bertz CT molecular complexity index is 752. The first-order chi connectivity index (χ1) is 12.0. The van der Waals surface area contributed by atoms with Crippen molar-refractivity contribution in [3.05, 3.63) is 65.2 Å². The fraction of sp³-hybridized carbons (Fsp3) is 0.381. The van der Waals surface area contributed by atoms with E-state index in [1.54, 1.807) is 19.1 Å². The molecule has 0 saturated heterocycles. The van der Waals surface area contributed by atoms with Gasteiger partial charge >= 0.3 is 0 Å². The van der Waals surface area contributed by atoms with Gasteiger partial charge < -0.3 is 15.2 Å². The minimum Gasteiger partial charge on any atom is -0.481 e. The van der Waals surface area contributed by atoms with Gasteiger partial charge in [0.05, 0.1) is 6.61 Å². The summed E-state index contributed by atoms with van der Waals surface area (Å²) in [5.41, 5.74) is 3.46. The van der Waals surface area contributed by atoms with E-state index in [1.165, 1.54) is 11.1 Å². The molecule has 1 unspecified atom stereocenters. The summed E-state index contributed by atoms with van der Waals surface area (Å²) < 4.78 is 5.71. The van der Waals surface area contributed by atoms with Gasteiger partial charge in [-0.15, -0.1) is 0 Å². The van der Waals surface area contributed by atoms with Crippen molar-refractivity contribution in [3.63, 3.8) is 0 Å². The minimum atomic E-state index is -0.582. The van der Waals surface area contributed by atoms with Crippen LogP contribution in [0.2, 0.25) is 0 Å². The number of aliphatic hydroxyl groups is 1. The number of amides is 1. The van der Waals surface area contributed by atoms with Gasteiger partial charge in [-0.1, -0.05) is 36.4 Å². The smallest absolute Gasteiger partial charge is 0.260 e. The van der Waals surface area contributed by atoms with E-state index in [0.717, 1.165) is 18.4 Å². The van der Waals surface area contributed by atoms with Gasteiger partial charge in [0.15, 0.2) is 6.10 Å².